The van der Waals surface area contributed by atoms with Gasteiger partial charge >= 0.3 is 6.03 Å². The lowest BCUT2D eigenvalue weighted by Gasteiger charge is -2.27. The van der Waals surface area contributed by atoms with Crippen molar-refractivity contribution in [1.29, 1.82) is 0 Å². The van der Waals surface area contributed by atoms with Gasteiger partial charge in [0, 0.05) is 17.8 Å². The van der Waals surface area contributed by atoms with Crippen molar-refractivity contribution in [3.8, 4) is 11.5 Å². The zero-order valence-electron chi connectivity index (χ0n) is 16.3. The number of carbonyl (C=O) groups is 2. The number of imide groups is 1. The first-order chi connectivity index (χ1) is 14.8. The molecule has 1 aliphatic rings. The van der Waals surface area contributed by atoms with Gasteiger partial charge in [-0.05, 0) is 42.8 Å². The highest BCUT2D eigenvalue weighted by atomic mass is 19.1. The van der Waals surface area contributed by atoms with E-state index in [4.69, 9.17) is 4.74 Å². The van der Waals surface area contributed by atoms with Crippen LogP contribution in [-0.4, -0.2) is 16.5 Å². The topological polar surface area (TPSA) is 89.4 Å². The minimum absolute atomic E-state index is 0.127. The Bertz CT molecular complexity index is 1240. The van der Waals surface area contributed by atoms with E-state index in [1.54, 1.807) is 19.1 Å². The number of aryl methyl sites for hydroxylation is 1. The number of pyridine rings is 1. The van der Waals surface area contributed by atoms with E-state index in [0.717, 1.165) is 12.1 Å². The number of aromatic nitrogens is 1. The predicted molar refractivity (Wildman–Crippen MR) is 107 cm³/mol. The Morgan fingerprint density at radius 1 is 1.03 bits per heavy atom. The molecule has 0 spiro atoms. The van der Waals surface area contributed by atoms with E-state index in [1.807, 2.05) is 0 Å². The summed E-state index contributed by atoms with van der Waals surface area (Å²) in [6.07, 6.45) is 1.53. The number of nitrogens with zero attached hydrogens (tertiary/aromatic N) is 1. The molecular formula is C22H17F2N3O4. The maximum atomic E-state index is 13.8. The molecule has 1 aliphatic heterocycles. The van der Waals surface area contributed by atoms with Gasteiger partial charge in [-0.3, -0.25) is 14.9 Å². The molecule has 2 aromatic carbocycles. The first-order valence-corrected chi connectivity index (χ1v) is 9.31. The Morgan fingerprint density at radius 3 is 2.42 bits per heavy atom. The highest BCUT2D eigenvalue weighted by Crippen LogP contribution is 2.30. The number of carbonyl (C=O) groups excluding carboxylic acids is 2. The molecule has 9 heteroatoms. The van der Waals surface area contributed by atoms with Crippen LogP contribution in [0.4, 0.5) is 13.6 Å². The van der Waals surface area contributed by atoms with Gasteiger partial charge in [0.05, 0.1) is 6.54 Å². The molecule has 1 unspecified atom stereocenters. The van der Waals surface area contributed by atoms with Crippen LogP contribution in [0.3, 0.4) is 0 Å². The van der Waals surface area contributed by atoms with Gasteiger partial charge in [0.25, 0.3) is 11.5 Å². The number of ether oxygens (including phenoxy) is 1. The first-order valence-electron chi connectivity index (χ1n) is 9.31. The summed E-state index contributed by atoms with van der Waals surface area (Å²) < 4.78 is 33.7. The summed E-state index contributed by atoms with van der Waals surface area (Å²) in [4.78, 5) is 37.1. The smallest absolute Gasteiger partial charge is 0.322 e. The van der Waals surface area contributed by atoms with Crippen molar-refractivity contribution in [3.63, 3.8) is 0 Å². The van der Waals surface area contributed by atoms with Crippen LogP contribution in [0.25, 0.3) is 0 Å². The average molecular weight is 425 g/mol. The van der Waals surface area contributed by atoms with Crippen molar-refractivity contribution < 1.29 is 23.1 Å². The van der Waals surface area contributed by atoms with Crippen molar-refractivity contribution in [2.75, 3.05) is 0 Å². The van der Waals surface area contributed by atoms with Gasteiger partial charge in [0.15, 0.2) is 17.1 Å². The molecule has 0 aliphatic carbocycles. The van der Waals surface area contributed by atoms with Crippen molar-refractivity contribution in [2.24, 2.45) is 0 Å². The molecule has 0 saturated carbocycles. The molecular weight excluding hydrogens is 408 g/mol. The third kappa shape index (κ3) is 3.77. The lowest BCUT2D eigenvalue weighted by molar-refractivity contribution is -0.124. The fourth-order valence-electron chi connectivity index (χ4n) is 3.43. The molecule has 2 heterocycles. The molecule has 1 saturated heterocycles. The summed E-state index contributed by atoms with van der Waals surface area (Å²) in [6, 6.07) is 11.6. The van der Waals surface area contributed by atoms with E-state index < -0.39 is 29.1 Å². The molecule has 2 N–H and O–H groups in total. The van der Waals surface area contributed by atoms with E-state index in [2.05, 4.69) is 10.6 Å². The molecule has 4 rings (SSSR count). The van der Waals surface area contributed by atoms with E-state index in [0.29, 0.717) is 17.2 Å². The Balaban J connectivity index is 1.68. The number of nitrogens with one attached hydrogen (secondary N) is 2. The summed E-state index contributed by atoms with van der Waals surface area (Å²) in [5.41, 5.74) is -0.917. The molecule has 3 amide bonds. The standard InChI is InChI=1S/C22H17F2N3O4/c1-13-3-2-10-27(19(13)28)12-22(20(29)25-21(30)26-22)14-4-7-16(8-5-14)31-18-9-6-15(23)11-17(18)24/h2-11H,12H2,1H3,(H2,25,26,29,30). The van der Waals surface area contributed by atoms with Crippen LogP contribution in [0.5, 0.6) is 11.5 Å². The van der Waals surface area contributed by atoms with Crippen molar-refractivity contribution >= 4 is 11.9 Å². The molecule has 7 nitrogen and oxygen atoms in total. The number of hydrogen-bond acceptors (Lipinski definition) is 4. The predicted octanol–water partition coefficient (Wildman–Crippen LogP) is 2.96. The highest BCUT2D eigenvalue weighted by Gasteiger charge is 2.48. The van der Waals surface area contributed by atoms with E-state index in [1.165, 1.54) is 35.0 Å². The van der Waals surface area contributed by atoms with Crippen LogP contribution in [0.2, 0.25) is 0 Å². The lowest BCUT2D eigenvalue weighted by Crippen LogP contribution is -2.49. The maximum absolute atomic E-state index is 13.8. The van der Waals surface area contributed by atoms with Crippen LogP contribution >= 0.6 is 0 Å². The third-order valence-corrected chi connectivity index (χ3v) is 5.03. The van der Waals surface area contributed by atoms with Gasteiger partial charge in [-0.1, -0.05) is 18.2 Å². The Labute approximate surface area is 175 Å². The van der Waals surface area contributed by atoms with Gasteiger partial charge in [-0.25, -0.2) is 13.6 Å². The van der Waals surface area contributed by atoms with E-state index in [9.17, 15) is 23.2 Å². The fourth-order valence-corrected chi connectivity index (χ4v) is 3.43. The minimum Gasteiger partial charge on any atom is -0.454 e. The molecule has 1 aromatic heterocycles. The van der Waals surface area contributed by atoms with Crippen LogP contribution < -0.4 is 20.9 Å². The number of benzene rings is 2. The van der Waals surface area contributed by atoms with Crippen LogP contribution in [0.15, 0.2) is 65.6 Å². The Kier molecular flexibility index (Phi) is 5.02. The zero-order valence-corrected chi connectivity index (χ0v) is 16.3. The normalized spacial score (nSPS) is 17.9. The largest absolute Gasteiger partial charge is 0.454 e. The first kappa shape index (κ1) is 20.3. The second kappa shape index (κ2) is 7.67. The Morgan fingerprint density at radius 2 is 1.77 bits per heavy atom. The second-order valence-electron chi connectivity index (χ2n) is 7.14. The lowest BCUT2D eigenvalue weighted by atomic mass is 9.89. The molecule has 158 valence electrons. The maximum Gasteiger partial charge on any atom is 0.322 e. The molecule has 0 radical (unpaired) electrons. The van der Waals surface area contributed by atoms with Gasteiger partial charge in [-0.15, -0.1) is 0 Å². The van der Waals surface area contributed by atoms with Crippen molar-refractivity contribution in [2.45, 2.75) is 19.0 Å². The summed E-state index contributed by atoms with van der Waals surface area (Å²) >= 11 is 0. The quantitative estimate of drug-likeness (QED) is 0.615. The summed E-state index contributed by atoms with van der Waals surface area (Å²) in [5.74, 6) is -2.12. The van der Waals surface area contributed by atoms with Crippen molar-refractivity contribution in [3.05, 3.63) is 93.9 Å². The third-order valence-electron chi connectivity index (χ3n) is 5.03. The number of amides is 3. The van der Waals surface area contributed by atoms with E-state index >= 15 is 0 Å². The Hall–Kier alpha value is -4.01. The SMILES string of the molecule is Cc1cccn(CC2(c3ccc(Oc4ccc(F)cc4F)cc3)NC(=O)NC2=O)c1=O. The number of rotatable bonds is 5. The highest BCUT2D eigenvalue weighted by molar-refractivity contribution is 6.07. The summed E-state index contributed by atoms with van der Waals surface area (Å²) in [7, 11) is 0. The second-order valence-corrected chi connectivity index (χ2v) is 7.14. The monoisotopic (exact) mass is 425 g/mol. The van der Waals surface area contributed by atoms with Crippen LogP contribution in [-0.2, 0) is 16.9 Å². The number of halogens is 2. The van der Waals surface area contributed by atoms with Crippen molar-refractivity contribution in [1.82, 2.24) is 15.2 Å². The van der Waals surface area contributed by atoms with Gasteiger partial charge in [-0.2, -0.15) is 0 Å². The minimum atomic E-state index is -1.52. The molecule has 1 fully saturated rings. The fraction of sp³-hybridized carbons (Fsp3) is 0.136. The number of hydrogen-bond donors (Lipinski definition) is 2. The molecule has 31 heavy (non-hydrogen) atoms. The van der Waals surface area contributed by atoms with Crippen LogP contribution in [0, 0.1) is 18.6 Å². The van der Waals surface area contributed by atoms with E-state index in [-0.39, 0.29) is 23.6 Å². The molecule has 1 atom stereocenters. The number of urea groups is 1. The van der Waals surface area contributed by atoms with Gasteiger partial charge in [0.2, 0.25) is 0 Å². The van der Waals surface area contributed by atoms with Crippen LogP contribution in [0.1, 0.15) is 11.1 Å². The average Bonchev–Trinajstić information content (AvgIpc) is 3.02. The summed E-state index contributed by atoms with van der Waals surface area (Å²) in [5, 5.41) is 4.82. The van der Waals surface area contributed by atoms with Gasteiger partial charge in [0.1, 0.15) is 11.6 Å². The summed E-state index contributed by atoms with van der Waals surface area (Å²) in [6.45, 7) is 1.53. The zero-order chi connectivity index (χ0) is 22.2. The van der Waals surface area contributed by atoms with Gasteiger partial charge < -0.3 is 14.6 Å². The molecule has 0 bridgehead atoms. The molecule has 3 aromatic rings.